The van der Waals surface area contributed by atoms with Crippen LogP contribution in [0.4, 0.5) is 0 Å². The van der Waals surface area contributed by atoms with Gasteiger partial charge in [-0.2, -0.15) is 11.8 Å². The molecule has 0 nitrogen and oxygen atoms in total. The summed E-state index contributed by atoms with van der Waals surface area (Å²) in [6.45, 7) is 0. The molecule has 0 N–H and O–H groups in total. The van der Waals surface area contributed by atoms with Crippen molar-refractivity contribution < 1.29 is 0 Å². The van der Waals surface area contributed by atoms with Gasteiger partial charge in [0.05, 0.1) is 0 Å². The van der Waals surface area contributed by atoms with Gasteiger partial charge in [-0.1, -0.05) is 0 Å². The van der Waals surface area contributed by atoms with Crippen molar-refractivity contribution in [2.75, 3.05) is 11.5 Å². The van der Waals surface area contributed by atoms with E-state index in [1.54, 1.807) is 0 Å². The maximum absolute atomic E-state index is 2.52. The van der Waals surface area contributed by atoms with Crippen LogP contribution in [0.2, 0.25) is 0 Å². The minimum atomic E-state index is 0.755. The average molecular weight is 127 g/mol. The zero-order valence-corrected chi connectivity index (χ0v) is 5.84. The van der Waals surface area contributed by atoms with Crippen LogP contribution >= 0.6 is 11.8 Å². The molecule has 1 saturated carbocycles. The molecule has 1 radical (unpaired) electrons. The molecule has 2 aliphatic rings. The first-order valence-electron chi connectivity index (χ1n) is 3.33. The second-order valence-electron chi connectivity index (χ2n) is 2.91. The lowest BCUT2D eigenvalue weighted by atomic mass is 9.69. The summed E-state index contributed by atoms with van der Waals surface area (Å²) in [6.07, 6.45) is 6.87. The van der Waals surface area contributed by atoms with Crippen LogP contribution in [0, 0.1) is 11.8 Å². The molecule has 8 heavy (non-hydrogen) atoms. The topological polar surface area (TPSA) is 0 Å². The van der Waals surface area contributed by atoms with E-state index in [2.05, 4.69) is 18.2 Å². The van der Waals surface area contributed by atoms with Crippen LogP contribution in [0.15, 0.2) is 0 Å². The Balaban J connectivity index is 2.01. The Morgan fingerprint density at radius 3 is 2.50 bits per heavy atom. The van der Waals surface area contributed by atoms with Crippen LogP contribution in [0.25, 0.3) is 0 Å². The van der Waals surface area contributed by atoms with Crippen molar-refractivity contribution in [2.24, 2.45) is 5.41 Å². The fraction of sp³-hybridized carbons (Fsp3) is 0.857. The molecule has 0 aromatic heterocycles. The molecule has 45 valence electrons. The molecular weight excluding hydrogens is 116 g/mol. The van der Waals surface area contributed by atoms with Crippen molar-refractivity contribution in [2.45, 2.75) is 19.3 Å². The molecule has 1 saturated heterocycles. The minimum absolute atomic E-state index is 0.755. The summed E-state index contributed by atoms with van der Waals surface area (Å²) < 4.78 is 0. The highest BCUT2D eigenvalue weighted by Gasteiger charge is 2.39. The Kier molecular flexibility index (Phi) is 1.07. The van der Waals surface area contributed by atoms with Crippen molar-refractivity contribution in [3.8, 4) is 0 Å². The van der Waals surface area contributed by atoms with Crippen molar-refractivity contribution >= 4 is 11.8 Å². The SMILES string of the molecule is [CH]1CCC12CCSC2. The maximum Gasteiger partial charge on any atom is -0.000774 e. The molecule has 2 rings (SSSR count). The van der Waals surface area contributed by atoms with E-state index in [1.807, 2.05) is 0 Å². The quantitative estimate of drug-likeness (QED) is 0.480. The fourth-order valence-electron chi connectivity index (χ4n) is 1.53. The third kappa shape index (κ3) is 0.604. The Morgan fingerprint density at radius 2 is 2.25 bits per heavy atom. The van der Waals surface area contributed by atoms with Gasteiger partial charge in [0.2, 0.25) is 0 Å². The second kappa shape index (κ2) is 1.66. The van der Waals surface area contributed by atoms with Gasteiger partial charge in [-0.3, -0.25) is 0 Å². The van der Waals surface area contributed by atoms with Crippen LogP contribution in [0.3, 0.4) is 0 Å². The summed E-state index contributed by atoms with van der Waals surface area (Å²) in [6, 6.07) is 0. The van der Waals surface area contributed by atoms with Gasteiger partial charge >= 0.3 is 0 Å². The molecule has 1 aliphatic carbocycles. The van der Waals surface area contributed by atoms with Gasteiger partial charge in [0, 0.05) is 0 Å². The van der Waals surface area contributed by atoms with Gasteiger partial charge in [0.1, 0.15) is 0 Å². The molecule has 2 fully saturated rings. The van der Waals surface area contributed by atoms with Crippen LogP contribution in [-0.4, -0.2) is 11.5 Å². The van der Waals surface area contributed by atoms with Gasteiger partial charge in [-0.05, 0) is 42.6 Å². The minimum Gasteiger partial charge on any atom is -0.161 e. The number of hydrogen-bond acceptors (Lipinski definition) is 1. The molecule has 1 heterocycles. The second-order valence-corrected chi connectivity index (χ2v) is 4.01. The predicted molar refractivity (Wildman–Crippen MR) is 37.9 cm³/mol. The van der Waals surface area contributed by atoms with Crippen molar-refractivity contribution in [3.05, 3.63) is 6.42 Å². The van der Waals surface area contributed by atoms with E-state index >= 15 is 0 Å². The normalized spacial score (nSPS) is 33.0. The first-order valence-corrected chi connectivity index (χ1v) is 4.49. The third-order valence-electron chi connectivity index (χ3n) is 2.35. The van der Waals surface area contributed by atoms with E-state index in [4.69, 9.17) is 0 Å². The summed E-state index contributed by atoms with van der Waals surface area (Å²) in [5.41, 5.74) is 0.755. The Morgan fingerprint density at radius 1 is 1.38 bits per heavy atom. The zero-order valence-electron chi connectivity index (χ0n) is 5.02. The van der Waals surface area contributed by atoms with Crippen LogP contribution < -0.4 is 0 Å². The third-order valence-corrected chi connectivity index (χ3v) is 3.63. The van der Waals surface area contributed by atoms with Crippen LogP contribution in [0.5, 0.6) is 0 Å². The summed E-state index contributed by atoms with van der Waals surface area (Å²) in [7, 11) is 0. The molecule has 0 aromatic rings. The molecule has 1 spiro atoms. The molecule has 1 atom stereocenters. The molecule has 1 aliphatic heterocycles. The van der Waals surface area contributed by atoms with Crippen molar-refractivity contribution in [1.29, 1.82) is 0 Å². The van der Waals surface area contributed by atoms with Gasteiger partial charge < -0.3 is 0 Å². The smallest absolute Gasteiger partial charge is 0.000774 e. The largest absolute Gasteiger partial charge is 0.161 e. The van der Waals surface area contributed by atoms with E-state index < -0.39 is 0 Å². The lowest BCUT2D eigenvalue weighted by molar-refractivity contribution is 0.271. The van der Waals surface area contributed by atoms with Gasteiger partial charge in [0.25, 0.3) is 0 Å². The molecular formula is C7H11S. The molecule has 1 unspecified atom stereocenters. The molecule has 0 aromatic carbocycles. The van der Waals surface area contributed by atoms with Gasteiger partial charge in [-0.25, -0.2) is 0 Å². The van der Waals surface area contributed by atoms with Gasteiger partial charge in [0.15, 0.2) is 0 Å². The Labute approximate surface area is 55.0 Å². The lowest BCUT2D eigenvalue weighted by Gasteiger charge is -2.36. The molecule has 0 amide bonds. The molecule has 1 heteroatoms. The van der Waals surface area contributed by atoms with Gasteiger partial charge in [-0.15, -0.1) is 0 Å². The van der Waals surface area contributed by atoms with Crippen molar-refractivity contribution in [1.82, 2.24) is 0 Å². The summed E-state index contributed by atoms with van der Waals surface area (Å²) in [5.74, 6) is 2.84. The maximum atomic E-state index is 2.52. The van der Waals surface area contributed by atoms with E-state index in [1.165, 1.54) is 30.8 Å². The Bertz CT molecular complexity index is 86.6. The van der Waals surface area contributed by atoms with E-state index in [0.717, 1.165) is 5.41 Å². The van der Waals surface area contributed by atoms with Crippen molar-refractivity contribution in [3.63, 3.8) is 0 Å². The van der Waals surface area contributed by atoms with E-state index in [0.29, 0.717) is 0 Å². The highest BCUT2D eigenvalue weighted by molar-refractivity contribution is 7.99. The monoisotopic (exact) mass is 127 g/mol. The first kappa shape index (κ1) is 5.16. The zero-order chi connectivity index (χ0) is 5.45. The average Bonchev–Trinajstić information content (AvgIpc) is 2.07. The summed E-state index contributed by atoms with van der Waals surface area (Å²) in [5, 5.41) is 0. The lowest BCUT2D eigenvalue weighted by Crippen LogP contribution is -2.29. The highest BCUT2D eigenvalue weighted by atomic mass is 32.2. The van der Waals surface area contributed by atoms with Crippen LogP contribution in [-0.2, 0) is 0 Å². The fourth-order valence-corrected chi connectivity index (χ4v) is 3.04. The standard InChI is InChI=1S/C7H11S/c1-2-7(3-1)4-5-8-6-7/h2H,1,3-6H2. The predicted octanol–water partition coefficient (Wildman–Crippen LogP) is 2.11. The highest BCUT2D eigenvalue weighted by Crippen LogP contribution is 2.50. The number of hydrogen-bond donors (Lipinski definition) is 0. The number of rotatable bonds is 0. The molecule has 0 bridgehead atoms. The van der Waals surface area contributed by atoms with E-state index in [9.17, 15) is 0 Å². The Hall–Kier alpha value is 0.350. The van der Waals surface area contributed by atoms with E-state index in [-0.39, 0.29) is 0 Å². The summed E-state index contributed by atoms with van der Waals surface area (Å²) in [4.78, 5) is 0. The summed E-state index contributed by atoms with van der Waals surface area (Å²) >= 11 is 2.13. The first-order chi connectivity index (χ1) is 3.91. The number of thioether (sulfide) groups is 1. The van der Waals surface area contributed by atoms with Crippen LogP contribution in [0.1, 0.15) is 19.3 Å².